The van der Waals surface area contributed by atoms with Gasteiger partial charge in [-0.05, 0) is 30.9 Å². The number of anilines is 1. The number of benzene rings is 1. The van der Waals surface area contributed by atoms with Gasteiger partial charge in [-0.2, -0.15) is 0 Å². The van der Waals surface area contributed by atoms with Gasteiger partial charge in [0.15, 0.2) is 0 Å². The minimum atomic E-state index is 0.0879. The lowest BCUT2D eigenvalue weighted by atomic mass is 9.97. The van der Waals surface area contributed by atoms with E-state index in [-0.39, 0.29) is 11.8 Å². The molecule has 2 rings (SSSR count). The summed E-state index contributed by atoms with van der Waals surface area (Å²) in [5.41, 5.74) is 0.920. The second-order valence-corrected chi connectivity index (χ2v) is 5.28. The van der Waals surface area contributed by atoms with E-state index in [1.807, 2.05) is 30.5 Å². The monoisotopic (exact) mass is 250 g/mol. The second kappa shape index (κ2) is 5.56. The van der Waals surface area contributed by atoms with Gasteiger partial charge < -0.3 is 10.6 Å². The largest absolute Gasteiger partial charge is 0.325 e. The SMILES string of the molecule is CSc1ccccc1NC(=O)[C@@H]1CNC[C@H]1C. The first-order valence-corrected chi connectivity index (χ1v) is 7.09. The molecule has 0 aliphatic carbocycles. The van der Waals surface area contributed by atoms with Crippen molar-refractivity contribution in [3.05, 3.63) is 24.3 Å². The number of nitrogens with one attached hydrogen (secondary N) is 2. The van der Waals surface area contributed by atoms with Crippen molar-refractivity contribution < 1.29 is 4.79 Å². The fraction of sp³-hybridized carbons (Fsp3) is 0.462. The zero-order chi connectivity index (χ0) is 12.3. The first kappa shape index (κ1) is 12.5. The Bertz CT molecular complexity index is 408. The van der Waals surface area contributed by atoms with Gasteiger partial charge in [-0.3, -0.25) is 4.79 Å². The van der Waals surface area contributed by atoms with Crippen molar-refractivity contribution in [3.63, 3.8) is 0 Å². The molecule has 3 nitrogen and oxygen atoms in total. The average molecular weight is 250 g/mol. The van der Waals surface area contributed by atoms with Crippen LogP contribution in [-0.4, -0.2) is 25.3 Å². The summed E-state index contributed by atoms with van der Waals surface area (Å²) >= 11 is 1.65. The van der Waals surface area contributed by atoms with E-state index >= 15 is 0 Å². The fourth-order valence-electron chi connectivity index (χ4n) is 2.13. The van der Waals surface area contributed by atoms with E-state index in [1.165, 1.54) is 0 Å². The highest BCUT2D eigenvalue weighted by Crippen LogP contribution is 2.26. The molecule has 0 radical (unpaired) electrons. The number of hydrogen-bond donors (Lipinski definition) is 2. The summed E-state index contributed by atoms with van der Waals surface area (Å²) in [4.78, 5) is 13.2. The van der Waals surface area contributed by atoms with E-state index in [0.29, 0.717) is 5.92 Å². The molecule has 1 saturated heterocycles. The van der Waals surface area contributed by atoms with Gasteiger partial charge in [0, 0.05) is 11.4 Å². The summed E-state index contributed by atoms with van der Waals surface area (Å²) in [6.07, 6.45) is 2.02. The molecule has 2 atom stereocenters. The molecule has 2 N–H and O–H groups in total. The Morgan fingerprint density at radius 1 is 1.41 bits per heavy atom. The van der Waals surface area contributed by atoms with E-state index in [1.54, 1.807) is 11.8 Å². The second-order valence-electron chi connectivity index (χ2n) is 4.43. The molecule has 1 aliphatic rings. The van der Waals surface area contributed by atoms with Crippen LogP contribution in [0.2, 0.25) is 0 Å². The molecular formula is C13H18N2OS. The molecule has 1 amide bonds. The third kappa shape index (κ3) is 2.82. The minimum absolute atomic E-state index is 0.0879. The molecule has 92 valence electrons. The van der Waals surface area contributed by atoms with E-state index in [9.17, 15) is 4.79 Å². The predicted octanol–water partition coefficient (Wildman–Crippen LogP) is 2.20. The van der Waals surface area contributed by atoms with Gasteiger partial charge in [-0.1, -0.05) is 19.1 Å². The van der Waals surface area contributed by atoms with E-state index < -0.39 is 0 Å². The Morgan fingerprint density at radius 2 is 2.18 bits per heavy atom. The van der Waals surface area contributed by atoms with Gasteiger partial charge in [0.2, 0.25) is 5.91 Å². The first-order chi connectivity index (χ1) is 8.22. The van der Waals surface area contributed by atoms with Crippen LogP contribution in [0.4, 0.5) is 5.69 Å². The lowest BCUT2D eigenvalue weighted by Crippen LogP contribution is -2.28. The Hall–Kier alpha value is -1.00. The molecule has 1 aliphatic heterocycles. The minimum Gasteiger partial charge on any atom is -0.325 e. The lowest BCUT2D eigenvalue weighted by Gasteiger charge is -2.15. The van der Waals surface area contributed by atoms with Crippen molar-refractivity contribution in [3.8, 4) is 0 Å². The van der Waals surface area contributed by atoms with E-state index in [0.717, 1.165) is 23.7 Å². The zero-order valence-corrected chi connectivity index (χ0v) is 11.0. The summed E-state index contributed by atoms with van der Waals surface area (Å²) in [5.74, 6) is 0.630. The molecule has 0 saturated carbocycles. The van der Waals surface area contributed by atoms with Gasteiger partial charge in [0.1, 0.15) is 0 Å². The van der Waals surface area contributed by atoms with Gasteiger partial charge in [-0.15, -0.1) is 11.8 Å². The summed E-state index contributed by atoms with van der Waals surface area (Å²) in [6, 6.07) is 7.92. The van der Waals surface area contributed by atoms with Gasteiger partial charge in [0.25, 0.3) is 0 Å². The molecule has 1 aromatic carbocycles. The number of para-hydroxylation sites is 1. The third-order valence-corrected chi connectivity index (χ3v) is 4.01. The molecule has 1 fully saturated rings. The molecule has 1 aromatic rings. The van der Waals surface area contributed by atoms with E-state index in [2.05, 4.69) is 17.6 Å². The van der Waals surface area contributed by atoms with Crippen molar-refractivity contribution in [1.29, 1.82) is 0 Å². The summed E-state index contributed by atoms with van der Waals surface area (Å²) < 4.78 is 0. The quantitative estimate of drug-likeness (QED) is 0.808. The maximum atomic E-state index is 12.1. The highest BCUT2D eigenvalue weighted by atomic mass is 32.2. The van der Waals surface area contributed by atoms with Crippen LogP contribution in [0.25, 0.3) is 0 Å². The molecule has 0 spiro atoms. The average Bonchev–Trinajstić information content (AvgIpc) is 2.76. The van der Waals surface area contributed by atoms with Gasteiger partial charge in [-0.25, -0.2) is 0 Å². The fourth-order valence-corrected chi connectivity index (χ4v) is 2.69. The Balaban J connectivity index is 2.07. The van der Waals surface area contributed by atoms with Gasteiger partial charge >= 0.3 is 0 Å². The van der Waals surface area contributed by atoms with Crippen molar-refractivity contribution in [1.82, 2.24) is 5.32 Å². The topological polar surface area (TPSA) is 41.1 Å². The Kier molecular flexibility index (Phi) is 4.07. The number of carbonyl (C=O) groups is 1. The van der Waals surface area contributed by atoms with Crippen molar-refractivity contribution in [2.45, 2.75) is 11.8 Å². The number of amides is 1. The lowest BCUT2D eigenvalue weighted by molar-refractivity contribution is -0.120. The Morgan fingerprint density at radius 3 is 2.82 bits per heavy atom. The highest BCUT2D eigenvalue weighted by molar-refractivity contribution is 7.98. The molecule has 17 heavy (non-hydrogen) atoms. The maximum absolute atomic E-state index is 12.1. The van der Waals surface area contributed by atoms with Crippen LogP contribution >= 0.6 is 11.8 Å². The molecular weight excluding hydrogens is 232 g/mol. The normalized spacial score (nSPS) is 23.6. The smallest absolute Gasteiger partial charge is 0.229 e. The number of carbonyl (C=O) groups excluding carboxylic acids is 1. The molecule has 0 unspecified atom stereocenters. The van der Waals surface area contributed by atoms with Crippen molar-refractivity contribution in [2.75, 3.05) is 24.7 Å². The van der Waals surface area contributed by atoms with Crippen LogP contribution in [0.1, 0.15) is 6.92 Å². The van der Waals surface area contributed by atoms with Gasteiger partial charge in [0.05, 0.1) is 11.6 Å². The molecule has 0 aromatic heterocycles. The summed E-state index contributed by atoms with van der Waals surface area (Å²) in [7, 11) is 0. The van der Waals surface area contributed by atoms with Crippen LogP contribution in [0.15, 0.2) is 29.2 Å². The van der Waals surface area contributed by atoms with Crippen LogP contribution in [-0.2, 0) is 4.79 Å². The predicted molar refractivity (Wildman–Crippen MR) is 72.4 cm³/mol. The first-order valence-electron chi connectivity index (χ1n) is 5.87. The van der Waals surface area contributed by atoms with Crippen LogP contribution in [0.5, 0.6) is 0 Å². The summed E-state index contributed by atoms with van der Waals surface area (Å²) in [6.45, 7) is 3.83. The zero-order valence-electron chi connectivity index (χ0n) is 10.2. The van der Waals surface area contributed by atoms with Crippen molar-refractivity contribution >= 4 is 23.4 Å². The molecule has 1 heterocycles. The highest BCUT2D eigenvalue weighted by Gasteiger charge is 2.29. The van der Waals surface area contributed by atoms with Crippen LogP contribution in [0.3, 0.4) is 0 Å². The standard InChI is InChI=1S/C13H18N2OS/c1-9-7-14-8-10(9)13(16)15-11-5-3-4-6-12(11)17-2/h3-6,9-10,14H,7-8H2,1-2H3,(H,15,16)/t9-,10-/m1/s1. The Labute approximate surface area is 106 Å². The maximum Gasteiger partial charge on any atom is 0.229 e. The number of thioether (sulfide) groups is 1. The molecule has 0 bridgehead atoms. The number of hydrogen-bond acceptors (Lipinski definition) is 3. The van der Waals surface area contributed by atoms with Crippen LogP contribution < -0.4 is 10.6 Å². The third-order valence-electron chi connectivity index (χ3n) is 3.22. The summed E-state index contributed by atoms with van der Waals surface area (Å²) in [5, 5.41) is 6.29. The van der Waals surface area contributed by atoms with Crippen molar-refractivity contribution in [2.24, 2.45) is 11.8 Å². The van der Waals surface area contributed by atoms with E-state index in [4.69, 9.17) is 0 Å². The van der Waals surface area contributed by atoms with Crippen LogP contribution in [0, 0.1) is 11.8 Å². The number of rotatable bonds is 3. The molecule has 4 heteroatoms.